The van der Waals surface area contributed by atoms with Crippen molar-refractivity contribution in [2.45, 2.75) is 39.2 Å². The van der Waals surface area contributed by atoms with Gasteiger partial charge in [-0.05, 0) is 32.3 Å². The van der Waals surface area contributed by atoms with Crippen molar-refractivity contribution >= 4 is 0 Å². The van der Waals surface area contributed by atoms with Crippen molar-refractivity contribution in [2.75, 3.05) is 0 Å². The summed E-state index contributed by atoms with van der Waals surface area (Å²) in [6, 6.07) is 1.94. The van der Waals surface area contributed by atoms with E-state index in [1.165, 1.54) is 4.68 Å². The minimum atomic E-state index is -0.401. The van der Waals surface area contributed by atoms with Crippen molar-refractivity contribution in [3.8, 4) is 6.07 Å². The van der Waals surface area contributed by atoms with Crippen LogP contribution >= 0.6 is 0 Å². The second-order valence-corrected chi connectivity index (χ2v) is 5.09. The van der Waals surface area contributed by atoms with E-state index >= 15 is 0 Å². The molecule has 0 aliphatic heterocycles. The monoisotopic (exact) mass is 270 g/mol. The van der Waals surface area contributed by atoms with Crippen LogP contribution in [0.15, 0.2) is 15.4 Å². The van der Waals surface area contributed by atoms with Gasteiger partial charge in [-0.3, -0.25) is 4.79 Å². The SMILES string of the molecule is Cc1nn(Cc2ncc(C3CC3)o2)c(=O)c(C#N)c1C. The van der Waals surface area contributed by atoms with Crippen molar-refractivity contribution in [1.82, 2.24) is 14.8 Å². The van der Waals surface area contributed by atoms with Crippen LogP contribution in [0, 0.1) is 25.2 Å². The first-order chi connectivity index (χ1) is 9.60. The van der Waals surface area contributed by atoms with Crippen LogP contribution in [0.1, 0.15) is 47.2 Å². The van der Waals surface area contributed by atoms with E-state index in [2.05, 4.69) is 10.1 Å². The molecule has 0 bridgehead atoms. The van der Waals surface area contributed by atoms with Gasteiger partial charge in [0, 0.05) is 5.92 Å². The van der Waals surface area contributed by atoms with Crippen LogP contribution in [-0.4, -0.2) is 14.8 Å². The van der Waals surface area contributed by atoms with Gasteiger partial charge in [-0.15, -0.1) is 0 Å². The zero-order valence-electron chi connectivity index (χ0n) is 11.4. The smallest absolute Gasteiger partial charge is 0.285 e. The van der Waals surface area contributed by atoms with Crippen LogP contribution in [0.3, 0.4) is 0 Å². The van der Waals surface area contributed by atoms with E-state index in [4.69, 9.17) is 9.68 Å². The lowest BCUT2D eigenvalue weighted by molar-refractivity contribution is 0.427. The maximum absolute atomic E-state index is 12.1. The third-order valence-corrected chi connectivity index (χ3v) is 3.58. The summed E-state index contributed by atoms with van der Waals surface area (Å²) in [6.45, 7) is 3.65. The number of aromatic nitrogens is 3. The first-order valence-corrected chi connectivity index (χ1v) is 6.53. The summed E-state index contributed by atoms with van der Waals surface area (Å²) in [5, 5.41) is 13.3. The highest BCUT2D eigenvalue weighted by Crippen LogP contribution is 2.40. The fourth-order valence-corrected chi connectivity index (χ4v) is 2.09. The van der Waals surface area contributed by atoms with Gasteiger partial charge in [0.1, 0.15) is 23.9 Å². The summed E-state index contributed by atoms with van der Waals surface area (Å²) in [5.41, 5.74) is 1.02. The van der Waals surface area contributed by atoms with E-state index in [0.717, 1.165) is 18.6 Å². The fourth-order valence-electron chi connectivity index (χ4n) is 2.09. The van der Waals surface area contributed by atoms with E-state index in [0.29, 0.717) is 23.1 Å². The van der Waals surface area contributed by atoms with Crippen molar-refractivity contribution < 1.29 is 4.42 Å². The molecule has 0 spiro atoms. The minimum absolute atomic E-state index is 0.131. The highest BCUT2D eigenvalue weighted by molar-refractivity contribution is 5.36. The number of hydrogen-bond donors (Lipinski definition) is 0. The number of nitriles is 1. The Kier molecular flexibility index (Phi) is 2.90. The van der Waals surface area contributed by atoms with E-state index in [1.54, 1.807) is 20.0 Å². The molecule has 0 saturated heterocycles. The molecule has 1 fully saturated rings. The maximum atomic E-state index is 12.1. The Balaban J connectivity index is 1.95. The second-order valence-electron chi connectivity index (χ2n) is 5.09. The largest absolute Gasteiger partial charge is 0.443 e. The Morgan fingerprint density at radius 3 is 2.90 bits per heavy atom. The van der Waals surface area contributed by atoms with Crippen molar-refractivity contribution in [3.63, 3.8) is 0 Å². The quantitative estimate of drug-likeness (QED) is 0.846. The normalized spacial score (nSPS) is 14.2. The number of aryl methyl sites for hydroxylation is 1. The van der Waals surface area contributed by atoms with Gasteiger partial charge in [0.05, 0.1) is 11.9 Å². The molecule has 3 rings (SSSR count). The molecule has 20 heavy (non-hydrogen) atoms. The molecule has 2 aromatic heterocycles. The first-order valence-electron chi connectivity index (χ1n) is 6.53. The van der Waals surface area contributed by atoms with Crippen molar-refractivity contribution in [2.24, 2.45) is 0 Å². The Morgan fingerprint density at radius 2 is 2.25 bits per heavy atom. The third kappa shape index (κ3) is 2.11. The van der Waals surface area contributed by atoms with Crippen LogP contribution in [-0.2, 0) is 6.54 Å². The van der Waals surface area contributed by atoms with Gasteiger partial charge >= 0.3 is 0 Å². The van der Waals surface area contributed by atoms with Crippen LogP contribution < -0.4 is 5.56 Å². The highest BCUT2D eigenvalue weighted by Gasteiger charge is 2.27. The predicted octanol–water partition coefficient (Wildman–Crippen LogP) is 1.65. The molecular formula is C14H14N4O2. The Morgan fingerprint density at radius 1 is 1.50 bits per heavy atom. The first kappa shape index (κ1) is 12.6. The summed E-state index contributed by atoms with van der Waals surface area (Å²) in [7, 11) is 0. The number of oxazole rings is 1. The van der Waals surface area contributed by atoms with Gasteiger partial charge < -0.3 is 4.42 Å². The predicted molar refractivity (Wildman–Crippen MR) is 70.3 cm³/mol. The fraction of sp³-hybridized carbons (Fsp3) is 0.429. The highest BCUT2D eigenvalue weighted by atomic mass is 16.4. The molecule has 2 aromatic rings. The average molecular weight is 270 g/mol. The molecule has 6 nitrogen and oxygen atoms in total. The second kappa shape index (κ2) is 4.60. The molecule has 0 amide bonds. The molecule has 0 aromatic carbocycles. The van der Waals surface area contributed by atoms with Gasteiger partial charge in [-0.1, -0.05) is 0 Å². The topological polar surface area (TPSA) is 84.7 Å². The number of rotatable bonds is 3. The van der Waals surface area contributed by atoms with Crippen molar-refractivity contribution in [3.05, 3.63) is 45.0 Å². The molecule has 0 unspecified atom stereocenters. The third-order valence-electron chi connectivity index (χ3n) is 3.58. The summed E-state index contributed by atoms with van der Waals surface area (Å²) < 4.78 is 6.86. The van der Waals surface area contributed by atoms with Crippen LogP contribution in [0.5, 0.6) is 0 Å². The minimum Gasteiger partial charge on any atom is -0.443 e. The summed E-state index contributed by atoms with van der Waals surface area (Å²) in [5.74, 6) is 1.81. The van der Waals surface area contributed by atoms with Gasteiger partial charge in [-0.2, -0.15) is 10.4 Å². The molecule has 1 aliphatic carbocycles. The molecule has 0 atom stereocenters. The van der Waals surface area contributed by atoms with E-state index in [1.807, 2.05) is 6.07 Å². The summed E-state index contributed by atoms with van der Waals surface area (Å²) in [4.78, 5) is 16.3. The lowest BCUT2D eigenvalue weighted by atomic mass is 10.1. The maximum Gasteiger partial charge on any atom is 0.285 e. The van der Waals surface area contributed by atoms with Crippen LogP contribution in [0.2, 0.25) is 0 Å². The standard InChI is InChI=1S/C14H14N4O2/c1-8-9(2)17-18(14(19)11(8)5-15)7-13-16-6-12(20-13)10-3-4-10/h6,10H,3-4,7H2,1-2H3. The number of nitrogens with zero attached hydrogens (tertiary/aromatic N) is 4. The summed E-state index contributed by atoms with van der Waals surface area (Å²) in [6.07, 6.45) is 3.98. The Bertz CT molecular complexity index is 762. The number of hydrogen-bond acceptors (Lipinski definition) is 5. The average Bonchev–Trinajstić information content (AvgIpc) is 3.17. The Labute approximate surface area is 115 Å². The van der Waals surface area contributed by atoms with Gasteiger partial charge in [0.25, 0.3) is 5.56 Å². The van der Waals surface area contributed by atoms with E-state index in [9.17, 15) is 4.79 Å². The molecule has 1 saturated carbocycles. The molecule has 0 radical (unpaired) electrons. The van der Waals surface area contributed by atoms with Gasteiger partial charge in [0.15, 0.2) is 0 Å². The van der Waals surface area contributed by atoms with Gasteiger partial charge in [0.2, 0.25) is 5.89 Å². The Hall–Kier alpha value is -2.42. The molecule has 2 heterocycles. The van der Waals surface area contributed by atoms with E-state index in [-0.39, 0.29) is 12.1 Å². The van der Waals surface area contributed by atoms with Crippen LogP contribution in [0.4, 0.5) is 0 Å². The molecule has 0 N–H and O–H groups in total. The molecule has 102 valence electrons. The van der Waals surface area contributed by atoms with E-state index < -0.39 is 5.56 Å². The van der Waals surface area contributed by atoms with Gasteiger partial charge in [-0.25, -0.2) is 9.67 Å². The molecule has 1 aliphatic rings. The van der Waals surface area contributed by atoms with Crippen molar-refractivity contribution in [1.29, 1.82) is 5.26 Å². The lowest BCUT2D eigenvalue weighted by Crippen LogP contribution is -2.28. The zero-order valence-corrected chi connectivity index (χ0v) is 11.4. The van der Waals surface area contributed by atoms with Crippen LogP contribution in [0.25, 0.3) is 0 Å². The lowest BCUT2D eigenvalue weighted by Gasteiger charge is -2.06. The molecule has 6 heteroatoms. The zero-order chi connectivity index (χ0) is 14.3. The summed E-state index contributed by atoms with van der Waals surface area (Å²) >= 11 is 0. The molecular weight excluding hydrogens is 256 g/mol.